The largest absolute Gasteiger partial charge is 0.145 e. The Labute approximate surface area is 43.3 Å². The van der Waals surface area contributed by atoms with E-state index in [4.69, 9.17) is 6.42 Å². The highest BCUT2D eigenvalue weighted by Gasteiger charge is 1.71. The molecule has 1 radical (unpaired) electrons. The quantitative estimate of drug-likeness (QED) is 0.374. The van der Waals surface area contributed by atoms with Crippen LogP contribution in [0, 0.1) is 18.1 Å². The van der Waals surface area contributed by atoms with E-state index in [0.717, 1.165) is 5.75 Å². The maximum absolute atomic E-state index is 4.92. The van der Waals surface area contributed by atoms with Gasteiger partial charge in [-0.3, -0.25) is 0 Å². The minimum absolute atomic E-state index is 0.802. The summed E-state index contributed by atoms with van der Waals surface area (Å²) in [5.74, 6) is 5.29. The minimum atomic E-state index is 0.802. The third kappa shape index (κ3) is 3.91. The molecule has 0 aliphatic rings. The number of hydrogen-bond acceptors (Lipinski definition) is 1. The molecule has 0 unspecified atom stereocenters. The zero-order valence-corrected chi connectivity index (χ0v) is 4.59. The highest BCUT2D eigenvalue weighted by atomic mass is 32.2. The summed E-state index contributed by atoms with van der Waals surface area (Å²) in [6, 6.07) is 0. The molecule has 6 heavy (non-hydrogen) atoms. The van der Waals surface area contributed by atoms with E-state index < -0.39 is 0 Å². The molecule has 1 heteroatoms. The maximum Gasteiger partial charge on any atom is 0.0547 e. The van der Waals surface area contributed by atoms with Crippen molar-refractivity contribution in [2.75, 3.05) is 5.75 Å². The van der Waals surface area contributed by atoms with E-state index in [1.807, 2.05) is 12.7 Å². The Morgan fingerprint density at radius 3 is 2.83 bits per heavy atom. The first-order valence-corrected chi connectivity index (χ1v) is 2.79. The molecule has 0 fully saturated rings. The van der Waals surface area contributed by atoms with Crippen LogP contribution in [0.2, 0.25) is 0 Å². The average molecular weight is 99.2 g/mol. The highest BCUT2D eigenvalue weighted by Crippen LogP contribution is 1.99. The summed E-state index contributed by atoms with van der Waals surface area (Å²) in [6.07, 6.45) is 4.92. The topological polar surface area (TPSA) is 0 Å². The van der Waals surface area contributed by atoms with Gasteiger partial charge in [-0.2, -0.15) is 0 Å². The van der Waals surface area contributed by atoms with Crippen LogP contribution < -0.4 is 0 Å². The Morgan fingerprint density at radius 2 is 2.67 bits per heavy atom. The smallest absolute Gasteiger partial charge is 0.0547 e. The van der Waals surface area contributed by atoms with Crippen LogP contribution in [0.1, 0.15) is 6.92 Å². The van der Waals surface area contributed by atoms with Crippen LogP contribution in [0.5, 0.6) is 0 Å². The van der Waals surface area contributed by atoms with Crippen molar-refractivity contribution in [3.8, 4) is 12.3 Å². The molecule has 0 aliphatic heterocycles. The lowest BCUT2D eigenvalue weighted by atomic mass is 10.8. The molecular weight excluding hydrogens is 92.1 g/mol. The van der Waals surface area contributed by atoms with Gasteiger partial charge >= 0.3 is 0 Å². The van der Waals surface area contributed by atoms with Crippen LogP contribution in [0.15, 0.2) is 0 Å². The van der Waals surface area contributed by atoms with E-state index in [-0.39, 0.29) is 0 Å². The predicted molar refractivity (Wildman–Crippen MR) is 31.3 cm³/mol. The van der Waals surface area contributed by atoms with E-state index in [0.29, 0.717) is 0 Å². The molecule has 33 valence electrons. The molecule has 0 saturated heterocycles. The number of terminal acetylenes is 1. The zero-order chi connectivity index (χ0) is 4.83. The molecule has 0 N–H and O–H groups in total. The zero-order valence-electron chi connectivity index (χ0n) is 3.77. The first-order valence-electron chi connectivity index (χ1n) is 1.74. The molecule has 0 aromatic heterocycles. The fourth-order valence-electron chi connectivity index (χ4n) is 0.131. The summed E-state index contributed by atoms with van der Waals surface area (Å²) in [7, 11) is 0. The molecule has 0 amide bonds. The Kier molecular flexibility index (Phi) is 4.84. The molecule has 0 rings (SSSR count). The SMILES string of the molecule is C#CCS[CH]C. The van der Waals surface area contributed by atoms with Crippen LogP contribution in [0.4, 0.5) is 0 Å². The second-order valence-electron chi connectivity index (χ2n) is 0.751. The van der Waals surface area contributed by atoms with E-state index >= 15 is 0 Å². The van der Waals surface area contributed by atoms with Crippen LogP contribution in [0.3, 0.4) is 0 Å². The Balaban J connectivity index is 2.54. The van der Waals surface area contributed by atoms with Crippen molar-refractivity contribution >= 4 is 11.8 Å². The first kappa shape index (κ1) is 5.91. The van der Waals surface area contributed by atoms with Crippen molar-refractivity contribution in [3.63, 3.8) is 0 Å². The lowest BCUT2D eigenvalue weighted by Crippen LogP contribution is -1.62. The van der Waals surface area contributed by atoms with E-state index in [1.54, 1.807) is 11.8 Å². The Morgan fingerprint density at radius 1 is 2.00 bits per heavy atom. The highest BCUT2D eigenvalue weighted by molar-refractivity contribution is 8.01. The van der Waals surface area contributed by atoms with Crippen LogP contribution in [-0.4, -0.2) is 5.75 Å². The lowest BCUT2D eigenvalue weighted by molar-refractivity contribution is 1.72. The van der Waals surface area contributed by atoms with Gasteiger partial charge in [-0.1, -0.05) is 12.8 Å². The van der Waals surface area contributed by atoms with Gasteiger partial charge in [0.2, 0.25) is 0 Å². The molecule has 0 aliphatic carbocycles. The minimum Gasteiger partial charge on any atom is -0.145 e. The molecule has 0 heterocycles. The summed E-state index contributed by atoms with van der Waals surface area (Å²) in [5, 5.41) is 0. The van der Waals surface area contributed by atoms with Crippen molar-refractivity contribution in [1.29, 1.82) is 0 Å². The number of thioether (sulfide) groups is 1. The summed E-state index contributed by atoms with van der Waals surface area (Å²) in [6.45, 7) is 1.97. The van der Waals surface area contributed by atoms with Crippen LogP contribution >= 0.6 is 11.8 Å². The fraction of sp³-hybridized carbons (Fsp3) is 0.400. The van der Waals surface area contributed by atoms with Gasteiger partial charge < -0.3 is 0 Å². The van der Waals surface area contributed by atoms with Crippen molar-refractivity contribution < 1.29 is 0 Å². The number of rotatable bonds is 2. The standard InChI is InChI=1S/C5H7S/c1-3-5-6-4-2/h1,4H,5H2,2H3. The predicted octanol–water partition coefficient (Wildman–Crippen LogP) is 1.53. The van der Waals surface area contributed by atoms with E-state index in [9.17, 15) is 0 Å². The molecule has 0 saturated carbocycles. The van der Waals surface area contributed by atoms with Crippen LogP contribution in [-0.2, 0) is 0 Å². The Hall–Kier alpha value is -0.0900. The van der Waals surface area contributed by atoms with Gasteiger partial charge in [-0.15, -0.1) is 18.2 Å². The van der Waals surface area contributed by atoms with Gasteiger partial charge in [-0.05, 0) is 0 Å². The normalized spacial score (nSPS) is 7.33. The lowest BCUT2D eigenvalue weighted by Gasteiger charge is -1.80. The van der Waals surface area contributed by atoms with Gasteiger partial charge in [0.05, 0.1) is 5.75 Å². The second-order valence-corrected chi connectivity index (χ2v) is 1.84. The Bertz CT molecular complexity index is 51.4. The van der Waals surface area contributed by atoms with Gasteiger partial charge in [0.15, 0.2) is 0 Å². The summed E-state index contributed by atoms with van der Waals surface area (Å²) < 4.78 is 0. The first-order chi connectivity index (χ1) is 2.91. The summed E-state index contributed by atoms with van der Waals surface area (Å²) in [5.41, 5.74) is 0. The third-order valence-electron chi connectivity index (χ3n) is 0.333. The fourth-order valence-corrected chi connectivity index (χ4v) is 0.394. The van der Waals surface area contributed by atoms with Crippen molar-refractivity contribution in [2.45, 2.75) is 6.92 Å². The van der Waals surface area contributed by atoms with Gasteiger partial charge in [0, 0.05) is 5.75 Å². The van der Waals surface area contributed by atoms with Gasteiger partial charge in [0.1, 0.15) is 0 Å². The summed E-state index contributed by atoms with van der Waals surface area (Å²) >= 11 is 1.65. The van der Waals surface area contributed by atoms with E-state index in [2.05, 4.69) is 5.92 Å². The monoisotopic (exact) mass is 99.0 g/mol. The second kappa shape index (κ2) is 4.91. The van der Waals surface area contributed by atoms with Crippen molar-refractivity contribution in [3.05, 3.63) is 5.75 Å². The molecule has 0 atom stereocenters. The molecule has 0 nitrogen and oxygen atoms in total. The van der Waals surface area contributed by atoms with Gasteiger partial charge in [-0.25, -0.2) is 0 Å². The molecule has 0 aromatic rings. The molecular formula is C5H7S. The third-order valence-corrected chi connectivity index (χ3v) is 1.00. The van der Waals surface area contributed by atoms with Crippen molar-refractivity contribution in [1.82, 2.24) is 0 Å². The summed E-state index contributed by atoms with van der Waals surface area (Å²) in [4.78, 5) is 0. The van der Waals surface area contributed by atoms with E-state index in [1.165, 1.54) is 0 Å². The van der Waals surface area contributed by atoms with Gasteiger partial charge in [0.25, 0.3) is 0 Å². The van der Waals surface area contributed by atoms with Crippen LogP contribution in [0.25, 0.3) is 0 Å². The maximum atomic E-state index is 4.92. The van der Waals surface area contributed by atoms with Crippen molar-refractivity contribution in [2.24, 2.45) is 0 Å². The average Bonchev–Trinajstić information content (AvgIpc) is 1.61. The number of hydrogen-bond donors (Lipinski definition) is 0. The molecule has 0 bridgehead atoms. The molecule has 0 aromatic carbocycles. The molecule has 0 spiro atoms.